The highest BCUT2D eigenvalue weighted by Gasteiger charge is 1.99. The van der Waals surface area contributed by atoms with Gasteiger partial charge in [-0.25, -0.2) is 10.4 Å². The molecule has 142 valence electrons. The molecule has 2 aromatic carbocycles. The second-order valence-corrected chi connectivity index (χ2v) is 6.66. The SMILES string of the molecule is CCCCCCCCOc1ccc(/C=N\Nc2nc3ccccc3[nH]2)cc1. The number of rotatable bonds is 11. The fraction of sp³-hybridized carbons (Fsp3) is 0.364. The Morgan fingerprint density at radius 2 is 1.78 bits per heavy atom. The number of ether oxygens (including phenoxy) is 1. The van der Waals surface area contributed by atoms with E-state index in [0.29, 0.717) is 5.95 Å². The van der Waals surface area contributed by atoms with Crippen LogP contribution in [0, 0.1) is 0 Å². The van der Waals surface area contributed by atoms with E-state index in [1.807, 2.05) is 48.5 Å². The highest BCUT2D eigenvalue weighted by Crippen LogP contribution is 2.14. The number of hydrogen-bond acceptors (Lipinski definition) is 4. The van der Waals surface area contributed by atoms with Crippen molar-refractivity contribution in [3.05, 3.63) is 54.1 Å². The minimum absolute atomic E-state index is 0.631. The number of H-pyrrole nitrogens is 1. The molecule has 3 aromatic rings. The van der Waals surface area contributed by atoms with Crippen LogP contribution in [0.15, 0.2) is 53.6 Å². The van der Waals surface area contributed by atoms with Crippen LogP contribution in [-0.2, 0) is 0 Å². The van der Waals surface area contributed by atoms with Crippen molar-refractivity contribution in [2.45, 2.75) is 45.4 Å². The summed E-state index contributed by atoms with van der Waals surface area (Å²) in [4.78, 5) is 7.60. The normalized spacial score (nSPS) is 11.3. The first-order valence-corrected chi connectivity index (χ1v) is 9.82. The fourth-order valence-electron chi connectivity index (χ4n) is 2.90. The van der Waals surface area contributed by atoms with E-state index >= 15 is 0 Å². The number of para-hydroxylation sites is 2. The molecule has 0 atom stereocenters. The van der Waals surface area contributed by atoms with E-state index in [2.05, 4.69) is 27.4 Å². The van der Waals surface area contributed by atoms with E-state index in [9.17, 15) is 0 Å². The Bertz CT molecular complexity index is 806. The third-order valence-electron chi connectivity index (χ3n) is 4.42. The highest BCUT2D eigenvalue weighted by molar-refractivity contribution is 5.81. The Balaban J connectivity index is 1.40. The summed E-state index contributed by atoms with van der Waals surface area (Å²) in [6, 6.07) is 15.9. The lowest BCUT2D eigenvalue weighted by Gasteiger charge is -2.06. The maximum absolute atomic E-state index is 5.80. The molecular formula is C22H28N4O. The van der Waals surface area contributed by atoms with Crippen LogP contribution < -0.4 is 10.2 Å². The lowest BCUT2D eigenvalue weighted by atomic mass is 10.1. The first kappa shape index (κ1) is 19.0. The number of aromatic amines is 1. The number of nitrogens with one attached hydrogen (secondary N) is 2. The van der Waals surface area contributed by atoms with Gasteiger partial charge in [0.25, 0.3) is 0 Å². The van der Waals surface area contributed by atoms with Gasteiger partial charge in [0.05, 0.1) is 23.9 Å². The smallest absolute Gasteiger partial charge is 0.222 e. The van der Waals surface area contributed by atoms with Crippen LogP contribution in [0.25, 0.3) is 11.0 Å². The molecule has 0 aliphatic carbocycles. The molecule has 0 bridgehead atoms. The van der Waals surface area contributed by atoms with E-state index in [1.54, 1.807) is 6.21 Å². The minimum atomic E-state index is 0.631. The zero-order valence-electron chi connectivity index (χ0n) is 15.9. The highest BCUT2D eigenvalue weighted by atomic mass is 16.5. The van der Waals surface area contributed by atoms with Crippen molar-refractivity contribution in [1.29, 1.82) is 0 Å². The second kappa shape index (κ2) is 10.4. The van der Waals surface area contributed by atoms with Crippen LogP contribution in [0.5, 0.6) is 5.75 Å². The van der Waals surface area contributed by atoms with Crippen LogP contribution in [0.3, 0.4) is 0 Å². The number of unbranched alkanes of at least 4 members (excludes halogenated alkanes) is 5. The number of fused-ring (bicyclic) bond motifs is 1. The molecule has 0 saturated heterocycles. The number of hydrazone groups is 1. The van der Waals surface area contributed by atoms with Gasteiger partial charge in [0.15, 0.2) is 0 Å². The third-order valence-corrected chi connectivity index (χ3v) is 4.42. The summed E-state index contributed by atoms with van der Waals surface area (Å²) < 4.78 is 5.80. The first-order chi connectivity index (χ1) is 13.3. The van der Waals surface area contributed by atoms with Crippen molar-refractivity contribution in [2.75, 3.05) is 12.0 Å². The lowest BCUT2D eigenvalue weighted by molar-refractivity contribution is 0.304. The van der Waals surface area contributed by atoms with Crippen molar-refractivity contribution < 1.29 is 4.74 Å². The van der Waals surface area contributed by atoms with Crippen LogP contribution in [0.4, 0.5) is 5.95 Å². The molecule has 5 nitrogen and oxygen atoms in total. The van der Waals surface area contributed by atoms with Gasteiger partial charge in [-0.3, -0.25) is 0 Å². The van der Waals surface area contributed by atoms with Crippen molar-refractivity contribution in [1.82, 2.24) is 9.97 Å². The number of benzene rings is 2. The van der Waals surface area contributed by atoms with Crippen molar-refractivity contribution >= 4 is 23.2 Å². The largest absolute Gasteiger partial charge is 0.494 e. The standard InChI is InChI=1S/C22H28N4O/c1-2-3-4-5-6-9-16-27-19-14-12-18(13-15-19)17-23-26-22-24-20-10-7-8-11-21(20)25-22/h7-8,10-15,17H,2-6,9,16H2,1H3,(H2,24,25,26)/b23-17-. The van der Waals surface area contributed by atoms with Gasteiger partial charge in [0, 0.05) is 0 Å². The van der Waals surface area contributed by atoms with Gasteiger partial charge >= 0.3 is 0 Å². The molecule has 0 unspecified atom stereocenters. The zero-order valence-corrected chi connectivity index (χ0v) is 15.9. The molecule has 0 aliphatic rings. The fourth-order valence-corrected chi connectivity index (χ4v) is 2.90. The Hall–Kier alpha value is -2.82. The van der Waals surface area contributed by atoms with Gasteiger partial charge in [0.1, 0.15) is 5.75 Å². The minimum Gasteiger partial charge on any atom is -0.494 e. The zero-order chi connectivity index (χ0) is 18.7. The average molecular weight is 364 g/mol. The molecule has 1 heterocycles. The summed E-state index contributed by atoms with van der Waals surface area (Å²) >= 11 is 0. The summed E-state index contributed by atoms with van der Waals surface area (Å²) in [6.07, 6.45) is 9.42. The summed E-state index contributed by atoms with van der Waals surface area (Å²) in [5.74, 6) is 1.54. The monoisotopic (exact) mass is 364 g/mol. The summed E-state index contributed by atoms with van der Waals surface area (Å²) in [7, 11) is 0. The van der Waals surface area contributed by atoms with E-state index in [0.717, 1.165) is 35.4 Å². The predicted molar refractivity (Wildman–Crippen MR) is 113 cm³/mol. The first-order valence-electron chi connectivity index (χ1n) is 9.82. The summed E-state index contributed by atoms with van der Waals surface area (Å²) in [5, 5.41) is 4.24. The molecule has 0 saturated carbocycles. The molecule has 0 amide bonds. The van der Waals surface area contributed by atoms with Gasteiger partial charge in [-0.2, -0.15) is 5.10 Å². The molecular weight excluding hydrogens is 336 g/mol. The molecule has 3 rings (SSSR count). The summed E-state index contributed by atoms with van der Waals surface area (Å²) in [6.45, 7) is 3.03. The van der Waals surface area contributed by atoms with Crippen LogP contribution in [0.1, 0.15) is 51.0 Å². The Labute approximate surface area is 160 Å². The van der Waals surface area contributed by atoms with E-state index in [-0.39, 0.29) is 0 Å². The van der Waals surface area contributed by atoms with Gasteiger partial charge in [-0.15, -0.1) is 0 Å². The molecule has 27 heavy (non-hydrogen) atoms. The molecule has 0 fully saturated rings. The molecule has 1 aromatic heterocycles. The van der Waals surface area contributed by atoms with Crippen molar-refractivity contribution in [3.63, 3.8) is 0 Å². The van der Waals surface area contributed by atoms with Crippen LogP contribution >= 0.6 is 0 Å². The maximum Gasteiger partial charge on any atom is 0.222 e. The molecule has 0 radical (unpaired) electrons. The van der Waals surface area contributed by atoms with Crippen LogP contribution in [-0.4, -0.2) is 22.8 Å². The van der Waals surface area contributed by atoms with E-state index in [1.165, 1.54) is 32.1 Å². The van der Waals surface area contributed by atoms with E-state index in [4.69, 9.17) is 4.74 Å². The van der Waals surface area contributed by atoms with Gasteiger partial charge < -0.3 is 9.72 Å². The number of aromatic nitrogens is 2. The van der Waals surface area contributed by atoms with Gasteiger partial charge in [-0.1, -0.05) is 51.2 Å². The van der Waals surface area contributed by atoms with Gasteiger partial charge in [-0.05, 0) is 48.4 Å². The molecule has 0 spiro atoms. The predicted octanol–water partition coefficient (Wildman–Crippen LogP) is 5.75. The molecule has 5 heteroatoms. The average Bonchev–Trinajstić information content (AvgIpc) is 3.11. The van der Waals surface area contributed by atoms with Crippen molar-refractivity contribution in [2.24, 2.45) is 5.10 Å². The lowest BCUT2D eigenvalue weighted by Crippen LogP contribution is -1.97. The molecule has 0 aliphatic heterocycles. The van der Waals surface area contributed by atoms with Crippen molar-refractivity contribution in [3.8, 4) is 5.75 Å². The Morgan fingerprint density at radius 3 is 2.59 bits per heavy atom. The quantitative estimate of drug-likeness (QED) is 0.259. The number of anilines is 1. The second-order valence-electron chi connectivity index (χ2n) is 6.66. The summed E-state index contributed by atoms with van der Waals surface area (Å²) in [5.41, 5.74) is 5.84. The number of nitrogens with zero attached hydrogens (tertiary/aromatic N) is 2. The topological polar surface area (TPSA) is 62.3 Å². The number of imidazole rings is 1. The van der Waals surface area contributed by atoms with Gasteiger partial charge in [0.2, 0.25) is 5.95 Å². The molecule has 2 N–H and O–H groups in total. The van der Waals surface area contributed by atoms with E-state index < -0.39 is 0 Å². The maximum atomic E-state index is 5.80. The third kappa shape index (κ3) is 6.13. The Kier molecular flexibility index (Phi) is 7.27. The Morgan fingerprint density at radius 1 is 1.00 bits per heavy atom. The van der Waals surface area contributed by atoms with Crippen LogP contribution in [0.2, 0.25) is 0 Å². The number of hydrogen-bond donors (Lipinski definition) is 2.